The molecule has 1 heterocycles. The van der Waals surface area contributed by atoms with E-state index in [0.29, 0.717) is 12.6 Å². The Morgan fingerprint density at radius 1 is 1.29 bits per heavy atom. The molecule has 1 rings (SSSR count). The quantitative estimate of drug-likeness (QED) is 0.486. The number of hydrogen-bond acceptors (Lipinski definition) is 4. The van der Waals surface area contributed by atoms with Crippen LogP contribution < -0.4 is 10.6 Å². The molecule has 0 saturated carbocycles. The molecule has 0 aromatic carbocycles. The number of carboxylic acid groups (broad SMARTS) is 1. The molecule has 7 heteroatoms. The van der Waals surface area contributed by atoms with E-state index < -0.39 is 12.1 Å². The highest BCUT2D eigenvalue weighted by molar-refractivity contribution is 5.74. The van der Waals surface area contributed by atoms with Gasteiger partial charge in [-0.1, -0.05) is 6.42 Å². The van der Waals surface area contributed by atoms with Crippen molar-refractivity contribution in [1.29, 1.82) is 0 Å². The van der Waals surface area contributed by atoms with Crippen LogP contribution in [-0.4, -0.2) is 65.4 Å². The fourth-order valence-electron chi connectivity index (χ4n) is 2.48. The van der Waals surface area contributed by atoms with Crippen molar-refractivity contribution in [2.45, 2.75) is 51.2 Å². The first-order valence-corrected chi connectivity index (χ1v) is 7.67. The number of amides is 2. The lowest BCUT2D eigenvalue weighted by Gasteiger charge is -2.33. The normalized spacial score (nSPS) is 20.8. The van der Waals surface area contributed by atoms with E-state index in [1.165, 1.54) is 19.3 Å². The van der Waals surface area contributed by atoms with Crippen LogP contribution in [0.3, 0.4) is 0 Å². The van der Waals surface area contributed by atoms with Crippen LogP contribution in [-0.2, 0) is 4.79 Å². The molecular weight excluding hydrogens is 274 g/mol. The first kappa shape index (κ1) is 17.7. The average molecular weight is 301 g/mol. The summed E-state index contributed by atoms with van der Waals surface area (Å²) in [5.74, 6) is -1.27. The van der Waals surface area contributed by atoms with Crippen LogP contribution in [0.2, 0.25) is 0 Å². The zero-order valence-corrected chi connectivity index (χ0v) is 12.7. The molecule has 0 bridgehead atoms. The molecule has 1 fully saturated rings. The molecule has 0 aromatic rings. The molecule has 2 amide bonds. The fourth-order valence-corrected chi connectivity index (χ4v) is 2.48. The lowest BCUT2D eigenvalue weighted by molar-refractivity contribution is -0.146. The Bertz CT molecular complexity index is 338. The number of aliphatic carboxylic acids is 1. The minimum Gasteiger partial charge on any atom is -0.479 e. The van der Waals surface area contributed by atoms with Gasteiger partial charge in [0.05, 0.1) is 0 Å². The molecule has 1 saturated heterocycles. The predicted octanol–water partition coefficient (Wildman–Crippen LogP) is 0.386. The SMILES string of the molecule is CC1CCCCN1CCCNC(=O)NCC[C@H](O)C(=O)O. The van der Waals surface area contributed by atoms with E-state index in [9.17, 15) is 9.59 Å². The monoisotopic (exact) mass is 301 g/mol. The minimum atomic E-state index is -1.43. The summed E-state index contributed by atoms with van der Waals surface area (Å²) in [6.45, 7) is 5.10. The van der Waals surface area contributed by atoms with Crippen molar-refractivity contribution in [3.63, 3.8) is 0 Å². The molecule has 4 N–H and O–H groups in total. The first-order chi connectivity index (χ1) is 10.0. The predicted molar refractivity (Wildman–Crippen MR) is 79.2 cm³/mol. The summed E-state index contributed by atoms with van der Waals surface area (Å²) in [5.41, 5.74) is 0. The van der Waals surface area contributed by atoms with Gasteiger partial charge in [-0.05, 0) is 32.7 Å². The fraction of sp³-hybridized carbons (Fsp3) is 0.857. The van der Waals surface area contributed by atoms with Crippen LogP contribution in [0.1, 0.15) is 39.0 Å². The van der Waals surface area contributed by atoms with Crippen LogP contribution in [0.25, 0.3) is 0 Å². The lowest BCUT2D eigenvalue weighted by Crippen LogP contribution is -2.41. The highest BCUT2D eigenvalue weighted by Crippen LogP contribution is 2.15. The Hall–Kier alpha value is -1.34. The van der Waals surface area contributed by atoms with Crippen molar-refractivity contribution in [1.82, 2.24) is 15.5 Å². The van der Waals surface area contributed by atoms with Crippen LogP contribution in [0.4, 0.5) is 4.79 Å². The van der Waals surface area contributed by atoms with Crippen molar-refractivity contribution in [3.8, 4) is 0 Å². The number of nitrogens with zero attached hydrogens (tertiary/aromatic N) is 1. The van der Waals surface area contributed by atoms with Gasteiger partial charge in [0, 0.05) is 32.1 Å². The molecule has 21 heavy (non-hydrogen) atoms. The van der Waals surface area contributed by atoms with Crippen molar-refractivity contribution in [3.05, 3.63) is 0 Å². The van der Waals surface area contributed by atoms with Gasteiger partial charge in [0.1, 0.15) is 0 Å². The van der Waals surface area contributed by atoms with E-state index in [-0.39, 0.29) is 19.0 Å². The molecule has 1 aliphatic rings. The second-order valence-electron chi connectivity index (χ2n) is 5.56. The average Bonchev–Trinajstić information content (AvgIpc) is 2.45. The van der Waals surface area contributed by atoms with Gasteiger partial charge in [-0.15, -0.1) is 0 Å². The summed E-state index contributed by atoms with van der Waals surface area (Å²) in [6, 6.07) is 0.310. The lowest BCUT2D eigenvalue weighted by atomic mass is 10.0. The van der Waals surface area contributed by atoms with E-state index in [2.05, 4.69) is 22.5 Å². The van der Waals surface area contributed by atoms with Gasteiger partial charge < -0.3 is 25.7 Å². The van der Waals surface area contributed by atoms with E-state index in [1.807, 2.05) is 0 Å². The maximum Gasteiger partial charge on any atom is 0.332 e. The van der Waals surface area contributed by atoms with Gasteiger partial charge in [-0.3, -0.25) is 0 Å². The van der Waals surface area contributed by atoms with Crippen molar-refractivity contribution in [2.75, 3.05) is 26.2 Å². The van der Waals surface area contributed by atoms with Crippen LogP contribution in [0.5, 0.6) is 0 Å². The van der Waals surface area contributed by atoms with Gasteiger partial charge in [0.2, 0.25) is 0 Å². The van der Waals surface area contributed by atoms with E-state index in [1.54, 1.807) is 0 Å². The van der Waals surface area contributed by atoms with Gasteiger partial charge in [0.25, 0.3) is 0 Å². The molecule has 122 valence electrons. The molecular formula is C14H27N3O4. The van der Waals surface area contributed by atoms with E-state index >= 15 is 0 Å². The Kier molecular flexibility index (Phi) is 8.07. The summed E-state index contributed by atoms with van der Waals surface area (Å²) >= 11 is 0. The van der Waals surface area contributed by atoms with Crippen molar-refractivity contribution < 1.29 is 19.8 Å². The van der Waals surface area contributed by atoms with Crippen LogP contribution >= 0.6 is 0 Å². The van der Waals surface area contributed by atoms with E-state index in [4.69, 9.17) is 10.2 Å². The number of aliphatic hydroxyl groups is 1. The molecule has 2 atom stereocenters. The smallest absolute Gasteiger partial charge is 0.332 e. The second-order valence-corrected chi connectivity index (χ2v) is 5.56. The zero-order chi connectivity index (χ0) is 15.7. The molecule has 1 aliphatic heterocycles. The van der Waals surface area contributed by atoms with Crippen molar-refractivity contribution >= 4 is 12.0 Å². The number of urea groups is 1. The number of carbonyl (C=O) groups is 2. The summed E-state index contributed by atoms with van der Waals surface area (Å²) in [7, 11) is 0. The molecule has 0 aromatic heterocycles. The van der Waals surface area contributed by atoms with Gasteiger partial charge >= 0.3 is 12.0 Å². The molecule has 0 radical (unpaired) electrons. The number of carboxylic acids is 1. The minimum absolute atomic E-state index is 0.00798. The third-order valence-electron chi connectivity index (χ3n) is 3.84. The standard InChI is InChI=1S/C14H27N3O4/c1-11-5-2-3-9-17(11)10-4-7-15-14(21)16-8-6-12(18)13(19)20/h11-12,18H,2-10H2,1H3,(H,19,20)(H2,15,16,21)/t11?,12-/m0/s1. The maximum absolute atomic E-state index is 11.4. The highest BCUT2D eigenvalue weighted by Gasteiger charge is 2.17. The number of aliphatic hydroxyl groups excluding tert-OH is 1. The summed E-state index contributed by atoms with van der Waals surface area (Å²) in [4.78, 5) is 24.3. The summed E-state index contributed by atoms with van der Waals surface area (Å²) in [6.07, 6.45) is 3.29. The molecule has 0 aliphatic carbocycles. The Morgan fingerprint density at radius 3 is 2.67 bits per heavy atom. The van der Waals surface area contributed by atoms with Gasteiger partial charge in [-0.2, -0.15) is 0 Å². The maximum atomic E-state index is 11.4. The number of rotatable bonds is 8. The topological polar surface area (TPSA) is 102 Å². The molecule has 1 unspecified atom stereocenters. The number of piperidine rings is 1. The number of likely N-dealkylation sites (tertiary alicyclic amines) is 1. The Morgan fingerprint density at radius 2 is 2.00 bits per heavy atom. The van der Waals surface area contributed by atoms with Gasteiger partial charge in [0.15, 0.2) is 6.10 Å². The first-order valence-electron chi connectivity index (χ1n) is 7.67. The molecule has 7 nitrogen and oxygen atoms in total. The third kappa shape index (κ3) is 7.29. The second kappa shape index (κ2) is 9.57. The largest absolute Gasteiger partial charge is 0.479 e. The van der Waals surface area contributed by atoms with Crippen molar-refractivity contribution in [2.24, 2.45) is 0 Å². The Labute approximate surface area is 125 Å². The summed E-state index contributed by atoms with van der Waals surface area (Å²) < 4.78 is 0. The number of carbonyl (C=O) groups excluding carboxylic acids is 1. The number of hydrogen-bond donors (Lipinski definition) is 4. The number of nitrogens with one attached hydrogen (secondary N) is 2. The third-order valence-corrected chi connectivity index (χ3v) is 3.84. The molecule has 0 spiro atoms. The van der Waals surface area contributed by atoms with Gasteiger partial charge in [-0.25, -0.2) is 9.59 Å². The highest BCUT2D eigenvalue weighted by atomic mass is 16.4. The van der Waals surface area contributed by atoms with E-state index in [0.717, 1.165) is 19.5 Å². The Balaban J connectivity index is 2.01. The van der Waals surface area contributed by atoms with Crippen LogP contribution in [0.15, 0.2) is 0 Å². The van der Waals surface area contributed by atoms with Crippen LogP contribution in [0, 0.1) is 0 Å². The zero-order valence-electron chi connectivity index (χ0n) is 12.7. The summed E-state index contributed by atoms with van der Waals surface area (Å²) in [5, 5.41) is 22.8.